The van der Waals surface area contributed by atoms with Crippen LogP contribution in [0, 0.1) is 0 Å². The van der Waals surface area contributed by atoms with Crippen molar-refractivity contribution >= 4 is 107 Å². The van der Waals surface area contributed by atoms with Gasteiger partial charge in [-0.1, -0.05) is 0 Å². The molecule has 0 spiro atoms. The van der Waals surface area contributed by atoms with Crippen LogP contribution in [0.4, 0.5) is 0 Å². The molecule has 7 nitrogen and oxygen atoms in total. The number of carboxylic acid groups (broad SMARTS) is 2. The molecule has 0 aromatic carbocycles. The van der Waals surface area contributed by atoms with Gasteiger partial charge in [-0.15, -0.1) is 0 Å². The van der Waals surface area contributed by atoms with Gasteiger partial charge in [-0.3, -0.25) is 0 Å². The van der Waals surface area contributed by atoms with Crippen molar-refractivity contribution in [3.63, 3.8) is 0 Å². The smallest absolute Gasteiger partial charge is 1.00 e. The van der Waals surface area contributed by atoms with Crippen molar-refractivity contribution in [2.24, 2.45) is 0 Å². The maximum atomic E-state index is 9.95. The van der Waals surface area contributed by atoms with Crippen molar-refractivity contribution in [3.8, 4) is 0 Å². The van der Waals surface area contributed by atoms with E-state index in [0.29, 0.717) is 0 Å². The van der Waals surface area contributed by atoms with Gasteiger partial charge in [-0.05, 0) is 0 Å². The van der Waals surface area contributed by atoms with Crippen LogP contribution in [0.3, 0.4) is 0 Å². The van der Waals surface area contributed by atoms with E-state index in [2.05, 4.69) is 4.74 Å². The van der Waals surface area contributed by atoms with E-state index in [9.17, 15) is 19.2 Å². The number of carboxylic acids is 2. The maximum absolute atomic E-state index is 9.95. The Kier molecular flexibility index (Phi) is 22.9. The molecule has 2 N–H and O–H groups in total. The molecule has 0 radical (unpaired) electrons. The van der Waals surface area contributed by atoms with Crippen LogP contribution in [0.5, 0.6) is 0 Å². The predicted molar refractivity (Wildman–Crippen MR) is 43.4 cm³/mol. The first-order valence-electron chi connectivity index (χ1n) is 2.17. The van der Waals surface area contributed by atoms with E-state index in [1.807, 2.05) is 0 Å². The number of ether oxygens (including phenoxy) is 1. The fourth-order valence-electron chi connectivity index (χ4n) is 0.172. The largest absolute Gasteiger partial charge is 2.00 e. The Morgan fingerprint density at radius 2 is 1.14 bits per heavy atom. The summed E-state index contributed by atoms with van der Waals surface area (Å²) >= 11 is 0. The van der Waals surface area contributed by atoms with Gasteiger partial charge in [0.15, 0.2) is 0 Å². The van der Waals surface area contributed by atoms with Gasteiger partial charge < -0.3 is 22.1 Å². The summed E-state index contributed by atoms with van der Waals surface area (Å²) in [6.07, 6.45) is 0. The number of esters is 2. The SMILES string of the molecule is O=C(O)C(=O)OC(=O)C(=O)O.[Ca+2].[H-].[H-].[H-].[H-].[H-].[Na+].[Sr+2]. The molecule has 0 saturated heterocycles. The number of carbonyl (C=O) groups is 4. The molecule has 0 aliphatic carbocycles. The summed E-state index contributed by atoms with van der Waals surface area (Å²) in [5.41, 5.74) is 0. The minimum atomic E-state index is -2.03. The quantitative estimate of drug-likeness (QED) is 0.199. The van der Waals surface area contributed by atoms with Gasteiger partial charge in [0, 0.05) is 0 Å². The molecule has 14 heavy (non-hydrogen) atoms. The van der Waals surface area contributed by atoms with Gasteiger partial charge in [-0.2, -0.15) is 0 Å². The topological polar surface area (TPSA) is 118 Å². The van der Waals surface area contributed by atoms with E-state index >= 15 is 0 Å². The van der Waals surface area contributed by atoms with Crippen LogP contribution < -0.4 is 29.6 Å². The van der Waals surface area contributed by atoms with E-state index in [-0.39, 0.29) is 120 Å². The van der Waals surface area contributed by atoms with Crippen molar-refractivity contribution < 1.29 is 70.8 Å². The fourth-order valence-corrected chi connectivity index (χ4v) is 0.172. The molecular weight excluding hydrogens is 311 g/mol. The zero-order chi connectivity index (χ0) is 9.02. The van der Waals surface area contributed by atoms with Crippen LogP contribution in [0.15, 0.2) is 0 Å². The van der Waals surface area contributed by atoms with Crippen molar-refractivity contribution in [2.75, 3.05) is 0 Å². The van der Waals surface area contributed by atoms with Gasteiger partial charge in [-0.25, -0.2) is 19.2 Å². The second-order valence-electron chi connectivity index (χ2n) is 1.29. The van der Waals surface area contributed by atoms with Crippen molar-refractivity contribution in [1.82, 2.24) is 0 Å². The fraction of sp³-hybridized carbons (Fsp3) is 0. The van der Waals surface area contributed by atoms with Crippen LogP contribution in [-0.2, 0) is 23.9 Å². The number of rotatable bonds is 0. The second-order valence-corrected chi connectivity index (χ2v) is 1.29. The molecule has 0 fully saturated rings. The molecule has 0 atom stereocenters. The molecule has 10 heteroatoms. The van der Waals surface area contributed by atoms with Gasteiger partial charge >= 0.3 is 137 Å². The molecule has 70 valence electrons. The number of hydrogen-bond acceptors (Lipinski definition) is 5. The maximum Gasteiger partial charge on any atom is 2.00 e. The van der Waals surface area contributed by atoms with E-state index in [1.165, 1.54) is 0 Å². The number of hydrogen-bond donors (Lipinski definition) is 2. The third kappa shape index (κ3) is 11.9. The Morgan fingerprint density at radius 1 is 0.929 bits per heavy atom. The summed E-state index contributed by atoms with van der Waals surface area (Å²) in [5.74, 6) is -7.89. The molecule has 0 amide bonds. The van der Waals surface area contributed by atoms with Gasteiger partial charge in [0.2, 0.25) is 0 Å². The predicted octanol–water partition coefficient (Wildman–Crippen LogP) is -4.97. The molecule has 0 bridgehead atoms. The van der Waals surface area contributed by atoms with E-state index < -0.39 is 23.9 Å². The van der Waals surface area contributed by atoms with Crippen molar-refractivity contribution in [3.05, 3.63) is 0 Å². The van der Waals surface area contributed by atoms with Crippen molar-refractivity contribution in [1.29, 1.82) is 0 Å². The molecule has 0 aliphatic rings. The monoisotopic (exact) mass is 318 g/mol. The van der Waals surface area contributed by atoms with Crippen molar-refractivity contribution in [2.45, 2.75) is 0 Å². The Balaban J connectivity index is -0.0000000179. The van der Waals surface area contributed by atoms with Crippen LogP contribution in [-0.4, -0.2) is 117 Å². The van der Waals surface area contributed by atoms with Gasteiger partial charge in [0.25, 0.3) is 0 Å². The van der Waals surface area contributed by atoms with Crippen LogP contribution >= 0.6 is 0 Å². The Bertz CT molecular complexity index is 234. The molecular formula is C4H7CaNaO7Sr. The van der Waals surface area contributed by atoms with Crippen LogP contribution in [0.25, 0.3) is 0 Å². The van der Waals surface area contributed by atoms with Gasteiger partial charge in [0.1, 0.15) is 0 Å². The van der Waals surface area contributed by atoms with E-state index in [4.69, 9.17) is 10.2 Å². The summed E-state index contributed by atoms with van der Waals surface area (Å²) in [4.78, 5) is 39.2. The molecule has 0 unspecified atom stereocenters. The Labute approximate surface area is 175 Å². The minimum Gasteiger partial charge on any atom is -1.00 e. The standard InChI is InChI=1S/C4H2O7.Ca.Na.Sr.5H/c5-1(6)3(9)11-4(10)2(7)8;;;;;;;;/h(H,5,6)(H,7,8);;;;;;;;/q;+2;+1;+2;5*-1. The third-order valence-electron chi connectivity index (χ3n) is 0.535. The van der Waals surface area contributed by atoms with E-state index in [0.717, 1.165) is 0 Å². The zero-order valence-corrected chi connectivity index (χ0v) is 15.0. The normalized spacial score (nSPS) is 6.57. The molecule has 0 aromatic rings. The number of carbonyl (C=O) groups excluding carboxylic acids is 2. The molecule has 0 saturated carbocycles. The first kappa shape index (κ1) is 24.9. The number of aliphatic carboxylic acids is 2. The Hall–Kier alpha value is 1.82. The molecule has 0 heterocycles. The summed E-state index contributed by atoms with van der Waals surface area (Å²) < 4.78 is 3.30. The zero-order valence-electron chi connectivity index (χ0n) is 12.3. The second kappa shape index (κ2) is 12.9. The summed E-state index contributed by atoms with van der Waals surface area (Å²) in [7, 11) is 0. The minimum absolute atomic E-state index is 0. The molecule has 0 rings (SSSR count). The first-order valence-corrected chi connectivity index (χ1v) is 2.17. The van der Waals surface area contributed by atoms with E-state index in [1.54, 1.807) is 0 Å². The van der Waals surface area contributed by atoms with Crippen LogP contribution in [0.1, 0.15) is 7.13 Å². The summed E-state index contributed by atoms with van der Waals surface area (Å²) in [6, 6.07) is 0. The summed E-state index contributed by atoms with van der Waals surface area (Å²) in [5, 5.41) is 15.6. The average molecular weight is 318 g/mol. The summed E-state index contributed by atoms with van der Waals surface area (Å²) in [6.45, 7) is 0. The average Bonchev–Trinajstić information content (AvgIpc) is 1.87. The molecule has 0 aromatic heterocycles. The first-order chi connectivity index (χ1) is 4.95. The Morgan fingerprint density at radius 3 is 1.29 bits per heavy atom. The van der Waals surface area contributed by atoms with Crippen LogP contribution in [0.2, 0.25) is 0 Å². The van der Waals surface area contributed by atoms with Gasteiger partial charge in [0.05, 0.1) is 0 Å². The molecule has 0 aliphatic heterocycles. The third-order valence-corrected chi connectivity index (χ3v) is 0.535.